The summed E-state index contributed by atoms with van der Waals surface area (Å²) < 4.78 is 5.34. The average Bonchev–Trinajstić information content (AvgIpc) is 2.81. The maximum absolute atomic E-state index is 12.3. The summed E-state index contributed by atoms with van der Waals surface area (Å²) in [7, 11) is 1.75. The highest BCUT2D eigenvalue weighted by Gasteiger charge is 2.12. The molecule has 3 rings (SSSR count). The van der Waals surface area contributed by atoms with Crippen molar-refractivity contribution in [2.24, 2.45) is 4.99 Å². The molecule has 1 saturated heterocycles. The molecule has 174 valence electrons. The number of nitrogens with one attached hydrogen (secondary N) is 3. The van der Waals surface area contributed by atoms with Crippen LogP contribution in [0.2, 0.25) is 0 Å². The number of benzene rings is 1. The molecule has 1 aliphatic heterocycles. The molecule has 1 aromatic carbocycles. The summed E-state index contributed by atoms with van der Waals surface area (Å²) in [4.78, 5) is 23.1. The number of aromatic nitrogens is 1. The summed E-state index contributed by atoms with van der Waals surface area (Å²) in [5.74, 6) is 0.763. The first-order valence-electron chi connectivity index (χ1n) is 10.8. The number of morpholine rings is 1. The van der Waals surface area contributed by atoms with E-state index in [4.69, 9.17) is 4.74 Å². The molecule has 0 saturated carbocycles. The number of anilines is 1. The molecule has 0 spiro atoms. The number of pyridine rings is 1. The summed E-state index contributed by atoms with van der Waals surface area (Å²) in [6.45, 7) is 5.40. The van der Waals surface area contributed by atoms with Crippen LogP contribution in [-0.4, -0.2) is 68.2 Å². The number of carbonyl (C=O) groups excluding carboxylic acids is 1. The van der Waals surface area contributed by atoms with Gasteiger partial charge in [-0.2, -0.15) is 0 Å². The lowest BCUT2D eigenvalue weighted by molar-refractivity contribution is -0.116. The number of nitrogens with zero attached hydrogens (tertiary/aromatic N) is 3. The first-order chi connectivity index (χ1) is 15.2. The highest BCUT2D eigenvalue weighted by atomic mass is 127. The summed E-state index contributed by atoms with van der Waals surface area (Å²) in [5, 5.41) is 9.60. The molecule has 0 radical (unpaired) electrons. The second-order valence-electron chi connectivity index (χ2n) is 7.38. The van der Waals surface area contributed by atoms with Gasteiger partial charge in [-0.05, 0) is 29.8 Å². The van der Waals surface area contributed by atoms with Crippen LogP contribution < -0.4 is 16.0 Å². The Hall–Kier alpha value is -2.24. The molecule has 2 heterocycles. The Morgan fingerprint density at radius 2 is 2.00 bits per heavy atom. The Morgan fingerprint density at radius 3 is 2.75 bits per heavy atom. The standard InChI is InChI=1S/C23H32N6O2.HI/c1-24-23(26-11-8-20-6-2-3-10-25-20)27-18-19-5-4-7-21(17-19)28-22(30)9-12-29-13-15-31-16-14-29;/h2-7,10,17H,8-9,11-16,18H2,1H3,(H,28,30)(H2,24,26,27);1H. The van der Waals surface area contributed by atoms with Gasteiger partial charge < -0.3 is 20.7 Å². The van der Waals surface area contributed by atoms with Gasteiger partial charge in [0.15, 0.2) is 5.96 Å². The molecule has 1 aliphatic rings. The Kier molecular flexibility index (Phi) is 12.0. The van der Waals surface area contributed by atoms with E-state index in [2.05, 4.69) is 30.8 Å². The minimum Gasteiger partial charge on any atom is -0.379 e. The number of hydrogen-bond acceptors (Lipinski definition) is 5. The van der Waals surface area contributed by atoms with Crippen molar-refractivity contribution in [2.45, 2.75) is 19.4 Å². The fourth-order valence-electron chi connectivity index (χ4n) is 3.33. The highest BCUT2D eigenvalue weighted by Crippen LogP contribution is 2.11. The number of guanidine groups is 1. The number of rotatable bonds is 9. The molecule has 0 unspecified atom stereocenters. The van der Waals surface area contributed by atoms with Crippen molar-refractivity contribution in [2.75, 3.05) is 51.8 Å². The zero-order valence-electron chi connectivity index (χ0n) is 18.5. The van der Waals surface area contributed by atoms with Crippen LogP contribution in [0.5, 0.6) is 0 Å². The van der Waals surface area contributed by atoms with Gasteiger partial charge in [-0.25, -0.2) is 0 Å². The fourth-order valence-corrected chi connectivity index (χ4v) is 3.33. The minimum absolute atomic E-state index is 0. The topological polar surface area (TPSA) is 90.9 Å². The molecule has 1 fully saturated rings. The second-order valence-corrected chi connectivity index (χ2v) is 7.38. The predicted octanol–water partition coefficient (Wildman–Crippen LogP) is 2.27. The van der Waals surface area contributed by atoms with Crippen molar-refractivity contribution in [1.82, 2.24) is 20.5 Å². The number of halogens is 1. The maximum atomic E-state index is 12.3. The van der Waals surface area contributed by atoms with E-state index >= 15 is 0 Å². The lowest BCUT2D eigenvalue weighted by Crippen LogP contribution is -2.38. The van der Waals surface area contributed by atoms with E-state index in [0.717, 1.165) is 68.7 Å². The molecule has 0 bridgehead atoms. The van der Waals surface area contributed by atoms with Crippen molar-refractivity contribution in [3.63, 3.8) is 0 Å². The monoisotopic (exact) mass is 552 g/mol. The van der Waals surface area contributed by atoms with Crippen LogP contribution in [0.15, 0.2) is 53.7 Å². The number of hydrogen-bond donors (Lipinski definition) is 3. The summed E-state index contributed by atoms with van der Waals surface area (Å²) >= 11 is 0. The van der Waals surface area contributed by atoms with Gasteiger partial charge in [0.25, 0.3) is 0 Å². The summed E-state index contributed by atoms with van der Waals surface area (Å²) in [6.07, 6.45) is 3.11. The van der Waals surface area contributed by atoms with Crippen LogP contribution in [0.1, 0.15) is 17.7 Å². The molecular weight excluding hydrogens is 519 g/mol. The van der Waals surface area contributed by atoms with Crippen molar-refractivity contribution >= 4 is 41.5 Å². The molecule has 1 aromatic heterocycles. The third kappa shape index (κ3) is 9.49. The lowest BCUT2D eigenvalue weighted by Gasteiger charge is -2.26. The highest BCUT2D eigenvalue weighted by molar-refractivity contribution is 14.0. The second kappa shape index (κ2) is 14.8. The molecule has 9 heteroatoms. The number of amides is 1. The van der Waals surface area contributed by atoms with Gasteiger partial charge in [-0.1, -0.05) is 18.2 Å². The smallest absolute Gasteiger partial charge is 0.225 e. The van der Waals surface area contributed by atoms with E-state index in [9.17, 15) is 4.79 Å². The molecular formula is C23H33IN6O2. The first-order valence-corrected chi connectivity index (χ1v) is 10.8. The van der Waals surface area contributed by atoms with Crippen LogP contribution >= 0.6 is 24.0 Å². The third-order valence-electron chi connectivity index (χ3n) is 5.05. The first kappa shape index (κ1) is 26.0. The Bertz CT molecular complexity index is 843. The molecule has 3 N–H and O–H groups in total. The van der Waals surface area contributed by atoms with Gasteiger partial charge >= 0.3 is 0 Å². The van der Waals surface area contributed by atoms with Crippen LogP contribution in [-0.2, 0) is 22.5 Å². The van der Waals surface area contributed by atoms with E-state index in [1.54, 1.807) is 13.2 Å². The number of aliphatic imine (C=N–C) groups is 1. The lowest BCUT2D eigenvalue weighted by atomic mass is 10.2. The van der Waals surface area contributed by atoms with Gasteiger partial charge in [0, 0.05) is 70.2 Å². The zero-order valence-corrected chi connectivity index (χ0v) is 20.9. The van der Waals surface area contributed by atoms with Gasteiger partial charge in [-0.3, -0.25) is 19.7 Å². The largest absolute Gasteiger partial charge is 0.379 e. The summed E-state index contributed by atoms with van der Waals surface area (Å²) in [5.41, 5.74) is 2.92. The normalized spacial score (nSPS) is 14.3. The van der Waals surface area contributed by atoms with Gasteiger partial charge in [0.1, 0.15) is 0 Å². The molecule has 8 nitrogen and oxygen atoms in total. The Morgan fingerprint density at radius 1 is 1.16 bits per heavy atom. The van der Waals surface area contributed by atoms with Crippen molar-refractivity contribution in [3.8, 4) is 0 Å². The van der Waals surface area contributed by atoms with E-state index in [1.807, 2.05) is 42.5 Å². The summed E-state index contributed by atoms with van der Waals surface area (Å²) in [6, 6.07) is 13.8. The Labute approximate surface area is 207 Å². The van der Waals surface area contributed by atoms with E-state index in [-0.39, 0.29) is 29.9 Å². The van der Waals surface area contributed by atoms with Crippen LogP contribution in [0.3, 0.4) is 0 Å². The van der Waals surface area contributed by atoms with E-state index < -0.39 is 0 Å². The zero-order chi connectivity index (χ0) is 21.7. The van der Waals surface area contributed by atoms with Gasteiger partial charge in [0.05, 0.1) is 13.2 Å². The predicted molar refractivity (Wildman–Crippen MR) is 139 cm³/mol. The molecule has 0 aliphatic carbocycles. The molecule has 2 aromatic rings. The van der Waals surface area contributed by atoms with Crippen molar-refractivity contribution in [1.29, 1.82) is 0 Å². The SMILES string of the molecule is CN=C(NCCc1ccccn1)NCc1cccc(NC(=O)CCN2CCOCC2)c1.I. The van der Waals surface area contributed by atoms with Gasteiger partial charge in [-0.15, -0.1) is 24.0 Å². The van der Waals surface area contributed by atoms with Crippen LogP contribution in [0.4, 0.5) is 5.69 Å². The van der Waals surface area contributed by atoms with Crippen molar-refractivity contribution < 1.29 is 9.53 Å². The van der Waals surface area contributed by atoms with Gasteiger partial charge in [0.2, 0.25) is 5.91 Å². The molecule has 32 heavy (non-hydrogen) atoms. The molecule has 0 atom stereocenters. The Balaban J connectivity index is 0.00000363. The third-order valence-corrected chi connectivity index (χ3v) is 5.05. The number of carbonyl (C=O) groups is 1. The van der Waals surface area contributed by atoms with E-state index in [0.29, 0.717) is 13.0 Å². The quantitative estimate of drug-likeness (QED) is 0.251. The average molecular weight is 552 g/mol. The fraction of sp³-hybridized carbons (Fsp3) is 0.435. The number of ether oxygens (including phenoxy) is 1. The maximum Gasteiger partial charge on any atom is 0.225 e. The van der Waals surface area contributed by atoms with E-state index in [1.165, 1.54) is 0 Å². The van der Waals surface area contributed by atoms with Crippen LogP contribution in [0.25, 0.3) is 0 Å². The minimum atomic E-state index is 0. The molecule has 1 amide bonds. The van der Waals surface area contributed by atoms with Crippen molar-refractivity contribution in [3.05, 3.63) is 59.9 Å². The van der Waals surface area contributed by atoms with Crippen LogP contribution in [0, 0.1) is 0 Å².